The van der Waals surface area contributed by atoms with Crippen molar-refractivity contribution >= 4 is 11.8 Å². The van der Waals surface area contributed by atoms with E-state index in [9.17, 15) is 9.59 Å². The van der Waals surface area contributed by atoms with Crippen LogP contribution in [0.1, 0.15) is 38.8 Å². The first kappa shape index (κ1) is 18.7. The van der Waals surface area contributed by atoms with Gasteiger partial charge in [-0.25, -0.2) is 0 Å². The van der Waals surface area contributed by atoms with Crippen LogP contribution in [-0.4, -0.2) is 23.3 Å². The number of carbonyl (C=O) groups is 2. The maximum atomic E-state index is 12.6. The van der Waals surface area contributed by atoms with Gasteiger partial charge in [-0.1, -0.05) is 12.1 Å². The molecule has 0 bridgehead atoms. The van der Waals surface area contributed by atoms with Crippen LogP contribution in [0.3, 0.4) is 0 Å². The Labute approximate surface area is 168 Å². The van der Waals surface area contributed by atoms with E-state index < -0.39 is 0 Å². The fourth-order valence-corrected chi connectivity index (χ4v) is 3.34. The summed E-state index contributed by atoms with van der Waals surface area (Å²) in [5.41, 5.74) is 5.03. The lowest BCUT2D eigenvalue weighted by atomic mass is 9.97. The van der Waals surface area contributed by atoms with Crippen LogP contribution in [-0.2, 0) is 13.2 Å². The Hall–Kier alpha value is -3.67. The summed E-state index contributed by atoms with van der Waals surface area (Å²) in [6.07, 6.45) is 3.55. The van der Waals surface area contributed by atoms with Crippen LogP contribution in [0.4, 0.5) is 0 Å². The van der Waals surface area contributed by atoms with Crippen molar-refractivity contribution in [3.8, 4) is 16.9 Å². The van der Waals surface area contributed by atoms with E-state index in [1.165, 1.54) is 0 Å². The van der Waals surface area contributed by atoms with Crippen LogP contribution in [0.25, 0.3) is 11.1 Å². The largest absolute Gasteiger partial charge is 0.488 e. The predicted molar refractivity (Wildman–Crippen MR) is 110 cm³/mol. The van der Waals surface area contributed by atoms with Gasteiger partial charge in [-0.15, -0.1) is 0 Å². The summed E-state index contributed by atoms with van der Waals surface area (Å²) in [6.45, 7) is 3.22. The second-order valence-corrected chi connectivity index (χ2v) is 6.77. The lowest BCUT2D eigenvalue weighted by Gasteiger charge is -2.20. The van der Waals surface area contributed by atoms with Crippen LogP contribution in [0, 0.1) is 0 Å². The van der Waals surface area contributed by atoms with Crippen molar-refractivity contribution in [2.45, 2.75) is 20.1 Å². The lowest BCUT2D eigenvalue weighted by molar-refractivity contribution is 0.0946. The van der Waals surface area contributed by atoms with Gasteiger partial charge in [-0.2, -0.15) is 0 Å². The first-order chi connectivity index (χ1) is 14.2. The molecule has 146 valence electrons. The van der Waals surface area contributed by atoms with E-state index in [1.54, 1.807) is 36.7 Å². The number of carbonyl (C=O) groups excluding carboxylic acids is 2. The summed E-state index contributed by atoms with van der Waals surface area (Å²) >= 11 is 0. The van der Waals surface area contributed by atoms with Crippen LogP contribution in [0.2, 0.25) is 0 Å². The summed E-state index contributed by atoms with van der Waals surface area (Å²) in [6, 6.07) is 14.6. The molecule has 0 spiro atoms. The van der Waals surface area contributed by atoms with Crippen molar-refractivity contribution in [3.05, 3.63) is 83.2 Å². The molecule has 1 aromatic heterocycles. The zero-order valence-corrected chi connectivity index (χ0v) is 16.1. The third-order valence-corrected chi connectivity index (χ3v) is 4.80. The van der Waals surface area contributed by atoms with Gasteiger partial charge in [0.25, 0.3) is 11.8 Å². The Bertz CT molecular complexity index is 1080. The fourth-order valence-electron chi connectivity index (χ4n) is 3.34. The maximum Gasteiger partial charge on any atom is 0.251 e. The zero-order chi connectivity index (χ0) is 20.2. The Morgan fingerprint density at radius 1 is 1.00 bits per heavy atom. The van der Waals surface area contributed by atoms with Gasteiger partial charge in [0.15, 0.2) is 0 Å². The van der Waals surface area contributed by atoms with E-state index >= 15 is 0 Å². The van der Waals surface area contributed by atoms with Crippen molar-refractivity contribution in [1.29, 1.82) is 0 Å². The van der Waals surface area contributed by atoms with E-state index in [2.05, 4.69) is 15.6 Å². The molecule has 2 N–H and O–H groups in total. The minimum atomic E-state index is -0.194. The van der Waals surface area contributed by atoms with Crippen molar-refractivity contribution in [2.24, 2.45) is 0 Å². The van der Waals surface area contributed by atoms with Gasteiger partial charge in [-0.3, -0.25) is 14.6 Å². The molecule has 2 heterocycles. The topological polar surface area (TPSA) is 80.3 Å². The van der Waals surface area contributed by atoms with E-state index in [4.69, 9.17) is 4.74 Å². The highest BCUT2D eigenvalue weighted by atomic mass is 16.5. The lowest BCUT2D eigenvalue weighted by Crippen LogP contribution is -2.24. The van der Waals surface area contributed by atoms with E-state index in [0.717, 1.165) is 22.3 Å². The van der Waals surface area contributed by atoms with Crippen LogP contribution < -0.4 is 15.4 Å². The molecule has 2 aromatic carbocycles. The van der Waals surface area contributed by atoms with Gasteiger partial charge >= 0.3 is 0 Å². The normalized spacial score (nSPS) is 11.6. The van der Waals surface area contributed by atoms with Gasteiger partial charge in [0.1, 0.15) is 12.4 Å². The molecule has 6 nitrogen and oxygen atoms in total. The van der Waals surface area contributed by atoms with Crippen LogP contribution >= 0.6 is 0 Å². The first-order valence-electron chi connectivity index (χ1n) is 9.51. The maximum absolute atomic E-state index is 12.6. The second kappa shape index (κ2) is 8.14. The standard InChI is InChI=1S/C23H21N3O3/c1-2-25-22(27)16-5-3-4-15(10-16)12-26-23(28)17-6-7-20-19-8-9-24-13-18(19)14-29-21(20)11-17/h3-11,13H,2,12,14H2,1H3,(H,25,27)(H,26,28). The van der Waals surface area contributed by atoms with Crippen LogP contribution in [0.5, 0.6) is 5.75 Å². The van der Waals surface area contributed by atoms with Gasteiger partial charge in [0.05, 0.1) is 0 Å². The monoisotopic (exact) mass is 387 g/mol. The average molecular weight is 387 g/mol. The number of ether oxygens (including phenoxy) is 1. The average Bonchev–Trinajstić information content (AvgIpc) is 2.77. The summed E-state index contributed by atoms with van der Waals surface area (Å²) in [4.78, 5) is 28.7. The molecule has 1 aliphatic rings. The molecule has 1 aliphatic heterocycles. The Balaban J connectivity index is 1.46. The van der Waals surface area contributed by atoms with E-state index in [1.807, 2.05) is 31.2 Å². The number of benzene rings is 2. The summed E-state index contributed by atoms with van der Waals surface area (Å²) in [7, 11) is 0. The molecule has 0 unspecified atom stereocenters. The Kier molecular flexibility index (Phi) is 5.24. The highest BCUT2D eigenvalue weighted by Gasteiger charge is 2.19. The van der Waals surface area contributed by atoms with Gasteiger partial charge in [0, 0.05) is 47.7 Å². The Morgan fingerprint density at radius 3 is 2.69 bits per heavy atom. The zero-order valence-electron chi connectivity index (χ0n) is 16.1. The summed E-state index contributed by atoms with van der Waals surface area (Å²) in [5.74, 6) is 0.373. The number of hydrogen-bond acceptors (Lipinski definition) is 4. The Morgan fingerprint density at radius 2 is 1.83 bits per heavy atom. The predicted octanol–water partition coefficient (Wildman–Crippen LogP) is 3.32. The minimum absolute atomic E-state index is 0.122. The number of nitrogens with zero attached hydrogens (tertiary/aromatic N) is 1. The van der Waals surface area contributed by atoms with E-state index in [-0.39, 0.29) is 11.8 Å². The molecule has 0 saturated heterocycles. The molecule has 0 radical (unpaired) electrons. The molecule has 6 heteroatoms. The number of aromatic nitrogens is 1. The number of nitrogens with one attached hydrogen (secondary N) is 2. The fraction of sp³-hybridized carbons (Fsp3) is 0.174. The van der Waals surface area contributed by atoms with Gasteiger partial charge < -0.3 is 15.4 Å². The molecular weight excluding hydrogens is 366 g/mol. The first-order valence-corrected chi connectivity index (χ1v) is 9.51. The quantitative estimate of drug-likeness (QED) is 0.704. The van der Waals surface area contributed by atoms with Gasteiger partial charge in [0.2, 0.25) is 0 Å². The number of amides is 2. The number of fused-ring (bicyclic) bond motifs is 3. The highest BCUT2D eigenvalue weighted by molar-refractivity contribution is 5.96. The van der Waals surface area contributed by atoms with Crippen molar-refractivity contribution < 1.29 is 14.3 Å². The molecule has 0 fully saturated rings. The molecular formula is C23H21N3O3. The highest BCUT2D eigenvalue weighted by Crippen LogP contribution is 2.37. The minimum Gasteiger partial charge on any atom is -0.488 e. The van der Waals surface area contributed by atoms with Crippen molar-refractivity contribution in [1.82, 2.24) is 15.6 Å². The molecule has 0 saturated carbocycles. The number of rotatable bonds is 5. The molecule has 0 atom stereocenters. The number of hydrogen-bond donors (Lipinski definition) is 2. The van der Waals surface area contributed by atoms with Gasteiger partial charge in [-0.05, 0) is 54.4 Å². The molecule has 4 rings (SSSR count). The summed E-state index contributed by atoms with van der Waals surface area (Å²) in [5, 5.41) is 5.67. The van der Waals surface area contributed by atoms with Crippen molar-refractivity contribution in [2.75, 3.05) is 6.54 Å². The molecule has 3 aromatic rings. The van der Waals surface area contributed by atoms with Crippen molar-refractivity contribution in [3.63, 3.8) is 0 Å². The summed E-state index contributed by atoms with van der Waals surface area (Å²) < 4.78 is 5.80. The van der Waals surface area contributed by atoms with E-state index in [0.29, 0.717) is 36.6 Å². The smallest absolute Gasteiger partial charge is 0.251 e. The molecule has 2 amide bonds. The van der Waals surface area contributed by atoms with Crippen LogP contribution in [0.15, 0.2) is 60.9 Å². The third-order valence-electron chi connectivity index (χ3n) is 4.80. The molecule has 29 heavy (non-hydrogen) atoms. The molecule has 0 aliphatic carbocycles. The SMILES string of the molecule is CCNC(=O)c1cccc(CNC(=O)c2ccc3c(c2)OCc2cnccc2-3)c1. The second-order valence-electron chi connectivity index (χ2n) is 6.77. The number of pyridine rings is 1. The third kappa shape index (κ3) is 3.96.